The molecule has 0 saturated carbocycles. The average Bonchev–Trinajstić information content (AvgIpc) is 3.18. The third-order valence-corrected chi connectivity index (χ3v) is 10.1. The van der Waals surface area contributed by atoms with Gasteiger partial charge >= 0.3 is 12.0 Å². The molecule has 0 radical (unpaired) electrons. The molecule has 0 aliphatic rings. The summed E-state index contributed by atoms with van der Waals surface area (Å²) in [5, 5.41) is 16.3. The summed E-state index contributed by atoms with van der Waals surface area (Å²) in [5.74, 6) is 0.473. The summed E-state index contributed by atoms with van der Waals surface area (Å²) in [6.07, 6.45) is 5.03. The Kier molecular flexibility index (Phi) is 14.1. The number of carboxylic acid groups (broad SMARTS) is 1. The largest absolute Gasteiger partial charge is 0.496 e. The Balaban J connectivity index is 1.38. The van der Waals surface area contributed by atoms with Crippen LogP contribution in [0.2, 0.25) is 0 Å². The van der Waals surface area contributed by atoms with Crippen molar-refractivity contribution in [3.8, 4) is 23.0 Å². The van der Waals surface area contributed by atoms with Crippen LogP contribution in [0.3, 0.4) is 0 Å². The van der Waals surface area contributed by atoms with Crippen molar-refractivity contribution in [2.75, 3.05) is 42.0 Å². The molecule has 5 rings (SSSR count). The number of sulfonamides is 1. The van der Waals surface area contributed by atoms with Gasteiger partial charge in [-0.1, -0.05) is 57.9 Å². The topological polar surface area (TPSA) is 238 Å². The van der Waals surface area contributed by atoms with Gasteiger partial charge in [-0.2, -0.15) is 0 Å². The van der Waals surface area contributed by atoms with E-state index in [0.717, 1.165) is 18.2 Å². The zero-order valence-electron chi connectivity index (χ0n) is 34.4. The van der Waals surface area contributed by atoms with Crippen LogP contribution in [0.5, 0.6) is 23.0 Å². The zero-order chi connectivity index (χ0) is 43.8. The van der Waals surface area contributed by atoms with Crippen LogP contribution < -0.4 is 45.9 Å². The fourth-order valence-corrected chi connectivity index (χ4v) is 7.02. The molecule has 0 spiro atoms. The lowest BCUT2D eigenvalue weighted by atomic mass is 9.86. The molecule has 1 aromatic heterocycles. The molecule has 60 heavy (non-hydrogen) atoms. The smallest absolute Gasteiger partial charge is 0.324 e. The lowest BCUT2D eigenvalue weighted by molar-refractivity contribution is -0.138. The highest BCUT2D eigenvalue weighted by Gasteiger charge is 2.28. The maximum atomic E-state index is 13.4. The number of amides is 3. The number of urea groups is 1. The Bertz CT molecular complexity index is 2490. The van der Waals surface area contributed by atoms with Gasteiger partial charge in [0.1, 0.15) is 29.1 Å². The first kappa shape index (κ1) is 44.5. The molecule has 1 atom stereocenters. The van der Waals surface area contributed by atoms with Crippen LogP contribution in [-0.2, 0) is 20.2 Å². The normalized spacial score (nSPS) is 12.0. The van der Waals surface area contributed by atoms with Crippen LogP contribution in [0, 0.1) is 0 Å². The van der Waals surface area contributed by atoms with Crippen molar-refractivity contribution in [1.82, 2.24) is 10.3 Å². The number of aliphatic carboxylic acids is 1. The van der Waals surface area contributed by atoms with E-state index in [4.69, 9.17) is 30.8 Å². The molecule has 0 bridgehead atoms. The third kappa shape index (κ3) is 11.1. The first-order valence-electron chi connectivity index (χ1n) is 19.1. The summed E-state index contributed by atoms with van der Waals surface area (Å²) < 4.78 is 45.0. The van der Waals surface area contributed by atoms with Crippen LogP contribution in [0.1, 0.15) is 62.4 Å². The van der Waals surface area contributed by atoms with Gasteiger partial charge in [-0.15, -0.1) is 0 Å². The Labute approximate surface area is 349 Å². The van der Waals surface area contributed by atoms with E-state index >= 15 is 0 Å². The summed E-state index contributed by atoms with van der Waals surface area (Å²) in [5.41, 5.74) is 13.7. The molecule has 3 amide bonds. The highest BCUT2D eigenvalue weighted by molar-refractivity contribution is 7.92. The van der Waals surface area contributed by atoms with Crippen molar-refractivity contribution in [3.05, 3.63) is 96.2 Å². The van der Waals surface area contributed by atoms with E-state index in [9.17, 15) is 22.8 Å². The van der Waals surface area contributed by atoms with Crippen LogP contribution >= 0.6 is 0 Å². The molecule has 1 heterocycles. The van der Waals surface area contributed by atoms with E-state index in [2.05, 4.69) is 20.3 Å². The van der Waals surface area contributed by atoms with E-state index in [1.807, 2.05) is 45.0 Å². The molecule has 0 aliphatic carbocycles. The maximum Gasteiger partial charge on any atom is 0.324 e. The molecular weight excluding hydrogens is 791 g/mol. The van der Waals surface area contributed by atoms with Crippen LogP contribution in [0.15, 0.2) is 85.1 Å². The molecular formula is C43H51N7O9S. The molecule has 0 aliphatic heterocycles. The molecule has 5 aromatic rings. The van der Waals surface area contributed by atoms with Gasteiger partial charge in [0, 0.05) is 41.3 Å². The van der Waals surface area contributed by atoms with Crippen molar-refractivity contribution < 1.29 is 42.1 Å². The van der Waals surface area contributed by atoms with Gasteiger partial charge in [0.15, 0.2) is 5.75 Å². The number of anilines is 5. The number of hydrogen-bond donors (Lipinski definition) is 6. The van der Waals surface area contributed by atoms with Crippen molar-refractivity contribution >= 4 is 67.3 Å². The van der Waals surface area contributed by atoms with Gasteiger partial charge in [0.05, 0.1) is 43.1 Å². The number of primary amides is 1. The van der Waals surface area contributed by atoms with Crippen molar-refractivity contribution in [2.45, 2.75) is 57.9 Å². The monoisotopic (exact) mass is 841 g/mol. The number of hydrogen-bond acceptors (Lipinski definition) is 11. The predicted molar refractivity (Wildman–Crippen MR) is 233 cm³/mol. The minimum absolute atomic E-state index is 0.105. The number of carboxylic acids is 1. The number of methoxy groups -OCH3 is 2. The number of aromatic nitrogens is 1. The van der Waals surface area contributed by atoms with Gasteiger partial charge in [0.2, 0.25) is 10.0 Å². The standard InChI is InChI=1S/C43H51N7O9S/c1-43(2,3)26-22-33(49-60(6,55)56)39(58-5)35(23-26)50(42(45)54)34-17-18-36(30-13-10-9-12-29(30)34)59-28-19-21-46-38(25-28)48-27-15-16-31(37(24-27)57-4)40(51)47-20-11-7-8-14-32(44)41(52)53/h9-10,12-13,15-19,21-25,32,49H,7-8,11,14,20,44H2,1-6H3,(H2,45,54)(H,46,48)(H,47,51)(H,52,53)/t32-/m0/s1. The number of nitrogens with zero attached hydrogens (tertiary/aromatic N) is 2. The minimum atomic E-state index is -3.73. The van der Waals surface area contributed by atoms with E-state index in [-0.39, 0.29) is 23.0 Å². The third-order valence-electron chi connectivity index (χ3n) is 9.47. The number of pyridine rings is 1. The second-order valence-electron chi connectivity index (χ2n) is 15.1. The Morgan fingerprint density at radius 3 is 2.27 bits per heavy atom. The summed E-state index contributed by atoms with van der Waals surface area (Å²) in [7, 11) is -0.873. The number of rotatable bonds is 18. The summed E-state index contributed by atoms with van der Waals surface area (Å²) in [6, 6.07) is 20.9. The number of ether oxygens (including phenoxy) is 3. The Morgan fingerprint density at radius 2 is 1.62 bits per heavy atom. The number of benzene rings is 4. The van der Waals surface area contributed by atoms with Gasteiger partial charge in [0.25, 0.3) is 5.91 Å². The van der Waals surface area contributed by atoms with E-state index in [1.165, 1.54) is 19.1 Å². The quantitative estimate of drug-likeness (QED) is 0.0474. The van der Waals surface area contributed by atoms with Gasteiger partial charge < -0.3 is 41.4 Å². The van der Waals surface area contributed by atoms with E-state index in [1.54, 1.807) is 60.8 Å². The molecule has 0 saturated heterocycles. The summed E-state index contributed by atoms with van der Waals surface area (Å²) >= 11 is 0. The maximum absolute atomic E-state index is 13.4. The number of fused-ring (bicyclic) bond motifs is 1. The van der Waals surface area contributed by atoms with E-state index < -0.39 is 33.5 Å². The van der Waals surface area contributed by atoms with Crippen LogP contribution in [0.4, 0.5) is 33.4 Å². The molecule has 16 nitrogen and oxygen atoms in total. The number of carbonyl (C=O) groups excluding carboxylic acids is 2. The fraction of sp³-hybridized carbons (Fsp3) is 0.302. The average molecular weight is 842 g/mol. The first-order chi connectivity index (χ1) is 28.4. The van der Waals surface area contributed by atoms with Crippen LogP contribution in [0.25, 0.3) is 10.8 Å². The van der Waals surface area contributed by atoms with Crippen LogP contribution in [-0.4, -0.2) is 69.5 Å². The summed E-state index contributed by atoms with van der Waals surface area (Å²) in [6.45, 7) is 6.30. The molecule has 4 aromatic carbocycles. The Morgan fingerprint density at radius 1 is 0.883 bits per heavy atom. The van der Waals surface area contributed by atoms with Crippen molar-refractivity contribution in [3.63, 3.8) is 0 Å². The minimum Gasteiger partial charge on any atom is -0.496 e. The molecule has 17 heteroatoms. The molecule has 0 unspecified atom stereocenters. The number of nitrogens with two attached hydrogens (primary N) is 2. The SMILES string of the molecule is COc1cc(Nc2cc(Oc3ccc(N(C(N)=O)c4cc(C(C)(C)C)cc(NS(C)(=O)=O)c4OC)c4ccccc34)ccn2)ccc1C(=O)NCCCCC[C@H](N)C(=O)O. The lowest BCUT2D eigenvalue weighted by Crippen LogP contribution is -2.32. The lowest BCUT2D eigenvalue weighted by Gasteiger charge is -2.29. The van der Waals surface area contributed by atoms with Crippen molar-refractivity contribution in [1.29, 1.82) is 0 Å². The number of unbranched alkanes of at least 4 members (excludes halogenated alkanes) is 2. The number of nitrogens with one attached hydrogen (secondary N) is 3. The van der Waals surface area contributed by atoms with Gasteiger partial charge in [-0.05, 0) is 66.3 Å². The second-order valence-corrected chi connectivity index (χ2v) is 16.8. The predicted octanol–water partition coefficient (Wildman–Crippen LogP) is 7.38. The van der Waals surface area contributed by atoms with Crippen molar-refractivity contribution in [2.24, 2.45) is 11.5 Å². The van der Waals surface area contributed by atoms with Gasteiger partial charge in [-0.3, -0.25) is 19.2 Å². The molecule has 8 N–H and O–H groups in total. The van der Waals surface area contributed by atoms with E-state index in [0.29, 0.717) is 76.6 Å². The highest BCUT2D eigenvalue weighted by atomic mass is 32.2. The fourth-order valence-electron chi connectivity index (χ4n) is 6.47. The highest BCUT2D eigenvalue weighted by Crippen LogP contribution is 2.46. The second kappa shape index (κ2) is 19.0. The number of carbonyl (C=O) groups is 3. The summed E-state index contributed by atoms with van der Waals surface area (Å²) in [4.78, 5) is 42.9. The molecule has 0 fully saturated rings. The first-order valence-corrected chi connectivity index (χ1v) is 21.0. The van der Waals surface area contributed by atoms with Gasteiger partial charge in [-0.25, -0.2) is 18.2 Å². The molecule has 318 valence electrons. The Hall–Kier alpha value is -6.59. The zero-order valence-corrected chi connectivity index (χ0v) is 35.2.